The summed E-state index contributed by atoms with van der Waals surface area (Å²) in [5.41, 5.74) is 1.75. The van der Waals surface area contributed by atoms with Gasteiger partial charge in [0.2, 0.25) is 0 Å². The van der Waals surface area contributed by atoms with Crippen LogP contribution in [0.2, 0.25) is 0 Å². The lowest BCUT2D eigenvalue weighted by Crippen LogP contribution is -2.19. The van der Waals surface area contributed by atoms with Crippen LogP contribution in [-0.2, 0) is 5.41 Å². The molecule has 0 fully saturated rings. The highest BCUT2D eigenvalue weighted by atomic mass is 16.5. The summed E-state index contributed by atoms with van der Waals surface area (Å²) in [4.78, 5) is 12.2. The second kappa shape index (κ2) is 6.19. The van der Waals surface area contributed by atoms with Crippen LogP contribution in [0.4, 0.5) is 0 Å². The molecule has 0 spiro atoms. The molecule has 2 aromatic carbocycles. The Morgan fingerprint density at radius 2 is 1.17 bits per heavy atom. The molecule has 0 aliphatic carbocycles. The second-order valence-electron chi connectivity index (χ2n) is 7.98. The molecule has 2 nitrogen and oxygen atoms in total. The predicted molar refractivity (Wildman–Crippen MR) is 95.4 cm³/mol. The molecular formula is C21H26O2. The van der Waals surface area contributed by atoms with Gasteiger partial charge >= 0.3 is 0 Å². The monoisotopic (exact) mass is 310 g/mol. The van der Waals surface area contributed by atoms with Crippen LogP contribution in [0, 0.1) is 5.41 Å². The Morgan fingerprint density at radius 1 is 0.739 bits per heavy atom. The van der Waals surface area contributed by atoms with Gasteiger partial charge in [0.15, 0.2) is 5.78 Å². The van der Waals surface area contributed by atoms with Gasteiger partial charge < -0.3 is 4.74 Å². The topological polar surface area (TPSA) is 26.3 Å². The van der Waals surface area contributed by atoms with E-state index in [1.807, 2.05) is 57.2 Å². The molecule has 2 aromatic rings. The van der Waals surface area contributed by atoms with Gasteiger partial charge in [-0.3, -0.25) is 4.79 Å². The Morgan fingerprint density at radius 3 is 1.57 bits per heavy atom. The van der Waals surface area contributed by atoms with Gasteiger partial charge in [-0.25, -0.2) is 0 Å². The van der Waals surface area contributed by atoms with Crippen molar-refractivity contribution in [3.63, 3.8) is 0 Å². The van der Waals surface area contributed by atoms with E-state index >= 15 is 0 Å². The average molecular weight is 310 g/mol. The van der Waals surface area contributed by atoms with Gasteiger partial charge in [0.1, 0.15) is 11.5 Å². The number of hydrogen-bond acceptors (Lipinski definition) is 2. The van der Waals surface area contributed by atoms with Crippen LogP contribution >= 0.6 is 0 Å². The van der Waals surface area contributed by atoms with Crippen molar-refractivity contribution in [1.82, 2.24) is 0 Å². The van der Waals surface area contributed by atoms with E-state index < -0.39 is 0 Å². The lowest BCUT2D eigenvalue weighted by molar-refractivity contribution is 0.0858. The molecule has 0 aliphatic heterocycles. The molecule has 0 aliphatic rings. The summed E-state index contributed by atoms with van der Waals surface area (Å²) < 4.78 is 5.86. The van der Waals surface area contributed by atoms with Crippen LogP contribution in [0.25, 0.3) is 0 Å². The van der Waals surface area contributed by atoms with Crippen LogP contribution in [0.3, 0.4) is 0 Å². The summed E-state index contributed by atoms with van der Waals surface area (Å²) >= 11 is 0. The van der Waals surface area contributed by atoms with E-state index in [0.29, 0.717) is 5.56 Å². The molecule has 2 heteroatoms. The molecule has 0 bridgehead atoms. The number of ether oxygens (including phenoxy) is 1. The fraction of sp³-hybridized carbons (Fsp3) is 0.381. The molecule has 0 unspecified atom stereocenters. The lowest BCUT2D eigenvalue weighted by Gasteiger charge is -2.19. The van der Waals surface area contributed by atoms with E-state index in [2.05, 4.69) is 32.9 Å². The largest absolute Gasteiger partial charge is 0.457 e. The fourth-order valence-electron chi connectivity index (χ4n) is 2.27. The minimum absolute atomic E-state index is 0.132. The van der Waals surface area contributed by atoms with E-state index in [1.165, 1.54) is 5.56 Å². The normalized spacial score (nSPS) is 12.1. The van der Waals surface area contributed by atoms with Gasteiger partial charge in [-0.05, 0) is 47.4 Å². The Kier molecular flexibility index (Phi) is 4.65. The van der Waals surface area contributed by atoms with Gasteiger partial charge in [-0.2, -0.15) is 0 Å². The molecule has 0 atom stereocenters. The first-order chi connectivity index (χ1) is 10.6. The number of ketones is 1. The quantitative estimate of drug-likeness (QED) is 0.649. The Hall–Kier alpha value is -2.09. The van der Waals surface area contributed by atoms with Crippen molar-refractivity contribution in [3.8, 4) is 11.5 Å². The van der Waals surface area contributed by atoms with Crippen LogP contribution in [-0.4, -0.2) is 5.78 Å². The van der Waals surface area contributed by atoms with E-state index in [0.717, 1.165) is 11.5 Å². The van der Waals surface area contributed by atoms with Gasteiger partial charge in [-0.15, -0.1) is 0 Å². The Balaban J connectivity index is 2.11. The third-order valence-corrected chi connectivity index (χ3v) is 3.75. The molecule has 0 N–H and O–H groups in total. The molecule has 0 aromatic heterocycles. The van der Waals surface area contributed by atoms with E-state index in [-0.39, 0.29) is 16.6 Å². The minimum atomic E-state index is -0.370. The highest BCUT2D eigenvalue weighted by Crippen LogP contribution is 2.28. The van der Waals surface area contributed by atoms with Crippen molar-refractivity contribution < 1.29 is 9.53 Å². The zero-order valence-corrected chi connectivity index (χ0v) is 14.9. The van der Waals surface area contributed by atoms with Gasteiger partial charge in [0.05, 0.1) is 0 Å². The Labute approximate surface area is 139 Å². The summed E-state index contributed by atoms with van der Waals surface area (Å²) in [7, 11) is 0. The van der Waals surface area contributed by atoms with Crippen molar-refractivity contribution >= 4 is 5.78 Å². The van der Waals surface area contributed by atoms with Gasteiger partial charge in [-0.1, -0.05) is 53.7 Å². The number of benzene rings is 2. The van der Waals surface area contributed by atoms with Crippen molar-refractivity contribution in [2.45, 2.75) is 47.0 Å². The van der Waals surface area contributed by atoms with Crippen LogP contribution in [0.15, 0.2) is 48.5 Å². The Bertz CT molecular complexity index is 666. The average Bonchev–Trinajstić information content (AvgIpc) is 2.46. The zero-order valence-electron chi connectivity index (χ0n) is 14.9. The second-order valence-corrected chi connectivity index (χ2v) is 7.98. The van der Waals surface area contributed by atoms with Crippen LogP contribution < -0.4 is 4.74 Å². The number of carbonyl (C=O) groups excluding carboxylic acids is 1. The molecule has 23 heavy (non-hydrogen) atoms. The smallest absolute Gasteiger partial charge is 0.168 e. The summed E-state index contributed by atoms with van der Waals surface area (Å²) in [5, 5.41) is 0. The molecule has 0 radical (unpaired) electrons. The molecule has 122 valence electrons. The number of rotatable bonds is 3. The summed E-state index contributed by atoms with van der Waals surface area (Å²) in [6.07, 6.45) is 0. The van der Waals surface area contributed by atoms with Crippen molar-refractivity contribution in [3.05, 3.63) is 59.7 Å². The standard InChI is InChI=1S/C21H26O2/c1-20(2,3)16-9-13-18(14-10-16)23-17-11-7-15(8-12-17)19(22)21(4,5)6/h7-14H,1-6H3. The van der Waals surface area contributed by atoms with Crippen LogP contribution in [0.1, 0.15) is 57.5 Å². The van der Waals surface area contributed by atoms with Crippen molar-refractivity contribution in [1.29, 1.82) is 0 Å². The molecule has 0 saturated carbocycles. The maximum Gasteiger partial charge on any atom is 0.168 e. The summed E-state index contributed by atoms with van der Waals surface area (Å²) in [5.74, 6) is 1.67. The first kappa shape index (κ1) is 17.3. The predicted octanol–water partition coefficient (Wildman–Crippen LogP) is 6.01. The van der Waals surface area contributed by atoms with E-state index in [9.17, 15) is 4.79 Å². The molecular weight excluding hydrogens is 284 g/mol. The summed E-state index contributed by atoms with van der Waals surface area (Å²) in [6, 6.07) is 15.5. The van der Waals surface area contributed by atoms with E-state index in [4.69, 9.17) is 4.74 Å². The highest BCUT2D eigenvalue weighted by molar-refractivity contribution is 5.99. The first-order valence-corrected chi connectivity index (χ1v) is 8.01. The minimum Gasteiger partial charge on any atom is -0.457 e. The number of Topliss-reactive ketones (excluding diaryl/α,β-unsaturated/α-hetero) is 1. The third-order valence-electron chi connectivity index (χ3n) is 3.75. The van der Waals surface area contributed by atoms with Gasteiger partial charge in [0, 0.05) is 11.0 Å². The zero-order chi connectivity index (χ0) is 17.3. The number of carbonyl (C=O) groups is 1. The molecule has 0 amide bonds. The molecule has 2 rings (SSSR count). The van der Waals surface area contributed by atoms with Crippen LogP contribution in [0.5, 0.6) is 11.5 Å². The first-order valence-electron chi connectivity index (χ1n) is 8.01. The van der Waals surface area contributed by atoms with Crippen molar-refractivity contribution in [2.24, 2.45) is 5.41 Å². The SMILES string of the molecule is CC(C)(C)C(=O)c1ccc(Oc2ccc(C(C)(C)C)cc2)cc1. The summed E-state index contributed by atoms with van der Waals surface area (Å²) in [6.45, 7) is 12.3. The maximum atomic E-state index is 12.2. The molecule has 0 saturated heterocycles. The fourth-order valence-corrected chi connectivity index (χ4v) is 2.27. The highest BCUT2D eigenvalue weighted by Gasteiger charge is 2.22. The van der Waals surface area contributed by atoms with E-state index in [1.54, 1.807) is 0 Å². The third kappa shape index (κ3) is 4.44. The molecule has 0 heterocycles. The lowest BCUT2D eigenvalue weighted by atomic mass is 9.86. The van der Waals surface area contributed by atoms with Crippen molar-refractivity contribution in [2.75, 3.05) is 0 Å². The van der Waals surface area contributed by atoms with Gasteiger partial charge in [0.25, 0.3) is 0 Å². The number of hydrogen-bond donors (Lipinski definition) is 0. The maximum absolute atomic E-state index is 12.2.